The van der Waals surface area contributed by atoms with Crippen LogP contribution in [0.15, 0.2) is 42.5 Å². The summed E-state index contributed by atoms with van der Waals surface area (Å²) in [5.74, 6) is -0.832. The van der Waals surface area contributed by atoms with Crippen molar-refractivity contribution in [3.63, 3.8) is 0 Å². The molecule has 98 valence electrons. The molecule has 0 aromatic heterocycles. The summed E-state index contributed by atoms with van der Waals surface area (Å²) in [7, 11) is -1.81. The maximum atomic E-state index is 13.8. The number of benzene rings is 2. The van der Waals surface area contributed by atoms with Gasteiger partial charge < -0.3 is 14.8 Å². The van der Waals surface area contributed by atoms with Crippen LogP contribution in [0.5, 0.6) is 5.75 Å². The molecule has 19 heavy (non-hydrogen) atoms. The highest BCUT2D eigenvalue weighted by molar-refractivity contribution is 6.62. The lowest BCUT2D eigenvalue weighted by Crippen LogP contribution is -2.31. The van der Waals surface area contributed by atoms with Crippen LogP contribution >= 0.6 is 11.6 Å². The Morgan fingerprint density at radius 1 is 1.11 bits per heavy atom. The molecule has 0 unspecified atom stereocenters. The normalized spacial score (nSPS) is 10.3. The third-order valence-electron chi connectivity index (χ3n) is 2.59. The summed E-state index contributed by atoms with van der Waals surface area (Å²) in [6.07, 6.45) is 0. The largest absolute Gasteiger partial charge is 0.490 e. The van der Waals surface area contributed by atoms with Gasteiger partial charge in [-0.25, -0.2) is 4.39 Å². The number of halogens is 2. The molecular formula is C13H11BClFO3. The van der Waals surface area contributed by atoms with E-state index in [0.29, 0.717) is 0 Å². The van der Waals surface area contributed by atoms with Crippen LogP contribution in [0.4, 0.5) is 4.39 Å². The summed E-state index contributed by atoms with van der Waals surface area (Å²) in [6.45, 7) is 0.203. The van der Waals surface area contributed by atoms with Gasteiger partial charge in [-0.05, 0) is 11.6 Å². The summed E-state index contributed by atoms with van der Waals surface area (Å²) in [4.78, 5) is 0. The molecule has 0 saturated carbocycles. The first kappa shape index (κ1) is 13.9. The molecule has 0 radical (unpaired) electrons. The molecule has 0 aliphatic carbocycles. The number of hydrogen-bond acceptors (Lipinski definition) is 3. The van der Waals surface area contributed by atoms with E-state index >= 15 is 0 Å². The molecule has 0 saturated heterocycles. The fraction of sp³-hybridized carbons (Fsp3) is 0.0769. The van der Waals surface area contributed by atoms with Crippen molar-refractivity contribution >= 4 is 24.2 Å². The second-order valence-corrected chi connectivity index (χ2v) is 4.31. The minimum absolute atomic E-state index is 0.0294. The summed E-state index contributed by atoms with van der Waals surface area (Å²) >= 11 is 5.70. The Morgan fingerprint density at radius 2 is 1.79 bits per heavy atom. The van der Waals surface area contributed by atoms with Crippen LogP contribution in [0, 0.1) is 5.82 Å². The van der Waals surface area contributed by atoms with Crippen molar-refractivity contribution in [3.8, 4) is 5.75 Å². The van der Waals surface area contributed by atoms with Crippen molar-refractivity contribution < 1.29 is 19.2 Å². The van der Waals surface area contributed by atoms with Gasteiger partial charge in [0.25, 0.3) is 0 Å². The van der Waals surface area contributed by atoms with E-state index in [-0.39, 0.29) is 22.8 Å². The molecule has 0 aliphatic heterocycles. The lowest BCUT2D eigenvalue weighted by molar-refractivity contribution is 0.290. The Morgan fingerprint density at radius 3 is 2.42 bits per heavy atom. The summed E-state index contributed by atoms with van der Waals surface area (Å²) in [5, 5.41) is 17.6. The average molecular weight is 280 g/mol. The molecule has 2 aromatic carbocycles. The molecule has 0 bridgehead atoms. The van der Waals surface area contributed by atoms with E-state index in [1.807, 2.05) is 30.3 Å². The van der Waals surface area contributed by atoms with Gasteiger partial charge in [0.15, 0.2) is 11.6 Å². The van der Waals surface area contributed by atoms with Gasteiger partial charge in [0.1, 0.15) is 6.61 Å². The molecular weight excluding hydrogens is 269 g/mol. The minimum Gasteiger partial charge on any atom is -0.486 e. The fourth-order valence-electron chi connectivity index (χ4n) is 1.59. The van der Waals surface area contributed by atoms with E-state index in [0.717, 1.165) is 5.56 Å². The van der Waals surface area contributed by atoms with Gasteiger partial charge in [0, 0.05) is 5.46 Å². The van der Waals surface area contributed by atoms with Crippen LogP contribution in [0.1, 0.15) is 5.56 Å². The SMILES string of the molecule is OB(O)c1ccc(OCc2ccccc2)c(F)c1Cl. The molecule has 0 spiro atoms. The first-order valence-electron chi connectivity index (χ1n) is 5.60. The molecule has 0 amide bonds. The van der Waals surface area contributed by atoms with Crippen LogP contribution < -0.4 is 10.2 Å². The van der Waals surface area contributed by atoms with E-state index in [4.69, 9.17) is 26.4 Å². The molecule has 0 aliphatic rings. The lowest BCUT2D eigenvalue weighted by atomic mass is 9.80. The first-order chi connectivity index (χ1) is 9.09. The smallest absolute Gasteiger partial charge is 0.486 e. The predicted octanol–water partition coefficient (Wildman–Crippen LogP) is 1.74. The van der Waals surface area contributed by atoms with Gasteiger partial charge in [-0.3, -0.25) is 0 Å². The highest BCUT2D eigenvalue weighted by atomic mass is 35.5. The monoisotopic (exact) mass is 280 g/mol. The Labute approximate surface area is 115 Å². The zero-order valence-corrected chi connectivity index (χ0v) is 10.6. The van der Waals surface area contributed by atoms with Gasteiger partial charge in [0.2, 0.25) is 0 Å². The van der Waals surface area contributed by atoms with Gasteiger partial charge in [0.05, 0.1) is 5.02 Å². The van der Waals surface area contributed by atoms with Crippen molar-refractivity contribution in [1.29, 1.82) is 0 Å². The average Bonchev–Trinajstić information content (AvgIpc) is 2.41. The van der Waals surface area contributed by atoms with Crippen molar-refractivity contribution in [1.82, 2.24) is 0 Å². The van der Waals surface area contributed by atoms with Gasteiger partial charge in [-0.1, -0.05) is 48.0 Å². The third kappa shape index (κ3) is 3.26. The molecule has 2 N–H and O–H groups in total. The van der Waals surface area contributed by atoms with E-state index in [9.17, 15) is 4.39 Å². The summed E-state index contributed by atoms with van der Waals surface area (Å²) < 4.78 is 19.2. The van der Waals surface area contributed by atoms with Gasteiger partial charge in [-0.15, -0.1) is 0 Å². The van der Waals surface area contributed by atoms with Crippen LogP contribution in [0.3, 0.4) is 0 Å². The zero-order chi connectivity index (χ0) is 13.8. The van der Waals surface area contributed by atoms with Crippen molar-refractivity contribution in [3.05, 3.63) is 58.9 Å². The van der Waals surface area contributed by atoms with Crippen LogP contribution in [-0.4, -0.2) is 17.2 Å². The van der Waals surface area contributed by atoms with Crippen molar-refractivity contribution in [2.24, 2.45) is 0 Å². The molecule has 0 atom stereocenters. The second kappa shape index (κ2) is 6.06. The minimum atomic E-state index is -1.81. The molecule has 2 rings (SSSR count). The highest BCUT2D eigenvalue weighted by Crippen LogP contribution is 2.24. The molecule has 3 nitrogen and oxygen atoms in total. The van der Waals surface area contributed by atoms with Gasteiger partial charge >= 0.3 is 7.12 Å². The molecule has 6 heteroatoms. The van der Waals surface area contributed by atoms with E-state index in [1.165, 1.54) is 12.1 Å². The lowest BCUT2D eigenvalue weighted by Gasteiger charge is -2.10. The van der Waals surface area contributed by atoms with E-state index in [2.05, 4.69) is 0 Å². The Kier molecular flexibility index (Phi) is 4.42. The van der Waals surface area contributed by atoms with E-state index < -0.39 is 12.9 Å². The zero-order valence-electron chi connectivity index (χ0n) is 9.88. The maximum Gasteiger partial charge on any atom is 0.490 e. The number of hydrogen-bond donors (Lipinski definition) is 2. The van der Waals surface area contributed by atoms with Crippen LogP contribution in [0.25, 0.3) is 0 Å². The fourth-order valence-corrected chi connectivity index (χ4v) is 1.85. The first-order valence-corrected chi connectivity index (χ1v) is 5.98. The van der Waals surface area contributed by atoms with Crippen LogP contribution in [0.2, 0.25) is 5.02 Å². The van der Waals surface area contributed by atoms with Gasteiger partial charge in [-0.2, -0.15) is 0 Å². The summed E-state index contributed by atoms with van der Waals surface area (Å²) in [6, 6.07) is 11.9. The topological polar surface area (TPSA) is 49.7 Å². The maximum absolute atomic E-state index is 13.8. The highest BCUT2D eigenvalue weighted by Gasteiger charge is 2.20. The third-order valence-corrected chi connectivity index (χ3v) is 2.98. The number of ether oxygens (including phenoxy) is 1. The Bertz CT molecular complexity index is 563. The Hall–Kier alpha value is -1.56. The number of rotatable bonds is 4. The second-order valence-electron chi connectivity index (χ2n) is 3.93. The molecule has 0 fully saturated rings. The molecule has 0 heterocycles. The van der Waals surface area contributed by atoms with Crippen molar-refractivity contribution in [2.75, 3.05) is 0 Å². The predicted molar refractivity (Wildman–Crippen MR) is 72.0 cm³/mol. The Balaban J connectivity index is 2.16. The molecule has 2 aromatic rings. The van der Waals surface area contributed by atoms with Crippen LogP contribution in [-0.2, 0) is 6.61 Å². The summed E-state index contributed by atoms with van der Waals surface area (Å²) in [5.41, 5.74) is 0.801. The quantitative estimate of drug-likeness (QED) is 0.839. The van der Waals surface area contributed by atoms with Crippen molar-refractivity contribution in [2.45, 2.75) is 6.61 Å². The van der Waals surface area contributed by atoms with E-state index in [1.54, 1.807) is 0 Å². The standard InChI is InChI=1S/C13H11BClFO3/c15-12-10(14(17)18)6-7-11(13(12)16)19-8-9-4-2-1-3-5-9/h1-7,17-18H,8H2.